The Labute approximate surface area is 145 Å². The predicted molar refractivity (Wildman–Crippen MR) is 99.2 cm³/mol. The lowest BCUT2D eigenvalue weighted by Gasteiger charge is -2.04. The van der Waals surface area contributed by atoms with Gasteiger partial charge in [-0.15, -0.1) is 0 Å². The van der Waals surface area contributed by atoms with Crippen molar-refractivity contribution in [3.63, 3.8) is 0 Å². The fourth-order valence-corrected chi connectivity index (χ4v) is 3.42. The number of hydrogen-bond donors (Lipinski definition) is 1. The van der Waals surface area contributed by atoms with Crippen LogP contribution in [0.2, 0.25) is 0 Å². The van der Waals surface area contributed by atoms with Gasteiger partial charge in [-0.1, -0.05) is 48.5 Å². The highest BCUT2D eigenvalue weighted by molar-refractivity contribution is 5.83. The summed E-state index contributed by atoms with van der Waals surface area (Å²) < 4.78 is 7.92. The molecule has 25 heavy (non-hydrogen) atoms. The number of nitrogens with zero attached hydrogens (tertiary/aromatic N) is 1. The highest BCUT2D eigenvalue weighted by atomic mass is 16.3. The van der Waals surface area contributed by atoms with E-state index in [4.69, 9.17) is 4.42 Å². The average molecular weight is 325 g/mol. The summed E-state index contributed by atoms with van der Waals surface area (Å²) in [5.41, 5.74) is 3.54. The first-order chi connectivity index (χ1) is 12.4. The minimum atomic E-state index is 0.783. The van der Waals surface area contributed by atoms with Gasteiger partial charge in [0.25, 0.3) is 0 Å². The van der Waals surface area contributed by atoms with Gasteiger partial charge in [0, 0.05) is 0 Å². The van der Waals surface area contributed by atoms with Crippen molar-refractivity contribution >= 4 is 21.8 Å². The van der Waals surface area contributed by atoms with Gasteiger partial charge in [0.05, 0.1) is 6.26 Å². The summed E-state index contributed by atoms with van der Waals surface area (Å²) >= 11 is 0. The number of imidazole rings is 1. The molecule has 0 atom stereocenters. The molecular formula is C22H17N2O+. The normalized spacial score (nSPS) is 11.4. The van der Waals surface area contributed by atoms with Crippen LogP contribution in [0.25, 0.3) is 33.4 Å². The van der Waals surface area contributed by atoms with E-state index in [-0.39, 0.29) is 0 Å². The Bertz CT molecular complexity index is 1170. The second-order valence-electron chi connectivity index (χ2n) is 6.24. The van der Waals surface area contributed by atoms with Crippen LogP contribution in [0.15, 0.2) is 89.5 Å². The van der Waals surface area contributed by atoms with E-state index in [2.05, 4.69) is 70.2 Å². The maximum atomic E-state index is 5.65. The van der Waals surface area contributed by atoms with Gasteiger partial charge in [0.2, 0.25) is 5.76 Å². The lowest BCUT2D eigenvalue weighted by Crippen LogP contribution is -2.35. The van der Waals surface area contributed by atoms with E-state index in [9.17, 15) is 0 Å². The van der Waals surface area contributed by atoms with Crippen molar-refractivity contribution in [1.82, 2.24) is 4.98 Å². The molecule has 3 aromatic carbocycles. The molecule has 0 spiro atoms. The van der Waals surface area contributed by atoms with Crippen LogP contribution >= 0.6 is 0 Å². The zero-order valence-corrected chi connectivity index (χ0v) is 13.6. The van der Waals surface area contributed by atoms with Crippen molar-refractivity contribution in [3.05, 3.63) is 90.7 Å². The lowest BCUT2D eigenvalue weighted by molar-refractivity contribution is -0.651. The van der Waals surface area contributed by atoms with E-state index < -0.39 is 0 Å². The maximum Gasteiger partial charge on any atom is 0.324 e. The Morgan fingerprint density at radius 1 is 0.800 bits per heavy atom. The van der Waals surface area contributed by atoms with Crippen LogP contribution in [0.4, 0.5) is 0 Å². The molecule has 0 unspecified atom stereocenters. The first kappa shape index (κ1) is 14.1. The van der Waals surface area contributed by atoms with E-state index in [1.54, 1.807) is 6.26 Å². The second kappa shape index (κ2) is 5.64. The number of hydrogen-bond acceptors (Lipinski definition) is 1. The number of para-hydroxylation sites is 2. The highest BCUT2D eigenvalue weighted by Crippen LogP contribution is 2.21. The summed E-state index contributed by atoms with van der Waals surface area (Å²) in [6, 6.07) is 27.4. The number of furan rings is 1. The number of aromatic amines is 1. The van der Waals surface area contributed by atoms with Crippen molar-refractivity contribution in [3.8, 4) is 11.6 Å². The topological polar surface area (TPSA) is 32.8 Å². The first-order valence-electron chi connectivity index (χ1n) is 8.40. The molecule has 1 N–H and O–H groups in total. The summed E-state index contributed by atoms with van der Waals surface area (Å²) in [5.74, 6) is 1.83. The van der Waals surface area contributed by atoms with Gasteiger partial charge >= 0.3 is 5.82 Å². The third-order valence-corrected chi connectivity index (χ3v) is 4.63. The monoisotopic (exact) mass is 325 g/mol. The van der Waals surface area contributed by atoms with Crippen LogP contribution in [0, 0.1) is 0 Å². The molecular weight excluding hydrogens is 308 g/mol. The van der Waals surface area contributed by atoms with Crippen molar-refractivity contribution in [2.75, 3.05) is 0 Å². The molecule has 0 aliphatic heterocycles. The Kier molecular flexibility index (Phi) is 3.17. The van der Waals surface area contributed by atoms with Gasteiger partial charge in [0.15, 0.2) is 11.0 Å². The van der Waals surface area contributed by atoms with Gasteiger partial charge in [0.1, 0.15) is 6.54 Å². The van der Waals surface area contributed by atoms with E-state index in [0.717, 1.165) is 23.6 Å². The van der Waals surface area contributed by atoms with E-state index in [0.29, 0.717) is 0 Å². The van der Waals surface area contributed by atoms with Crippen LogP contribution in [0.1, 0.15) is 5.56 Å². The van der Waals surface area contributed by atoms with Crippen LogP contribution in [-0.2, 0) is 6.54 Å². The number of fused-ring (bicyclic) bond motifs is 2. The molecule has 0 saturated carbocycles. The van der Waals surface area contributed by atoms with Crippen LogP contribution in [0.5, 0.6) is 0 Å². The molecule has 5 aromatic rings. The molecule has 0 amide bonds. The molecule has 0 aliphatic rings. The van der Waals surface area contributed by atoms with Gasteiger partial charge in [-0.3, -0.25) is 0 Å². The molecule has 3 nitrogen and oxygen atoms in total. The number of rotatable bonds is 3. The first-order valence-corrected chi connectivity index (χ1v) is 8.40. The maximum absolute atomic E-state index is 5.65. The fraction of sp³-hybridized carbons (Fsp3) is 0.0455. The smallest absolute Gasteiger partial charge is 0.324 e. The Balaban J connectivity index is 1.67. The van der Waals surface area contributed by atoms with E-state index in [1.807, 2.05) is 18.2 Å². The Hall–Kier alpha value is -3.33. The van der Waals surface area contributed by atoms with Crippen LogP contribution in [-0.4, -0.2) is 4.98 Å². The molecule has 0 aliphatic carbocycles. The Morgan fingerprint density at radius 3 is 2.52 bits per heavy atom. The third kappa shape index (κ3) is 2.41. The summed E-state index contributed by atoms with van der Waals surface area (Å²) in [5, 5.41) is 2.53. The van der Waals surface area contributed by atoms with Gasteiger partial charge in [-0.05, 0) is 46.7 Å². The SMILES string of the molecule is c1coc(-c2[nH]c3ccccc3[n+]2Cc2ccc3ccccc3c2)c1. The second-order valence-corrected chi connectivity index (χ2v) is 6.24. The number of aromatic nitrogens is 2. The lowest BCUT2D eigenvalue weighted by atomic mass is 10.1. The minimum absolute atomic E-state index is 0.783. The standard InChI is InChI=1S/C22H16N2O/c1-2-7-18-14-16(11-12-17(18)6-1)15-24-20-9-4-3-8-19(20)23-22(24)21-10-5-13-25-21/h1-14H,15H2/p+1. The molecule has 120 valence electrons. The summed E-state index contributed by atoms with van der Waals surface area (Å²) in [6.07, 6.45) is 1.71. The van der Waals surface area contributed by atoms with Crippen molar-refractivity contribution < 1.29 is 8.98 Å². The Morgan fingerprint density at radius 2 is 1.64 bits per heavy atom. The molecule has 0 saturated heterocycles. The summed E-state index contributed by atoms with van der Waals surface area (Å²) in [4.78, 5) is 3.49. The van der Waals surface area contributed by atoms with Crippen molar-refractivity contribution in [2.24, 2.45) is 0 Å². The summed E-state index contributed by atoms with van der Waals surface area (Å²) in [7, 11) is 0. The zero-order chi connectivity index (χ0) is 16.6. The van der Waals surface area contributed by atoms with E-state index in [1.165, 1.54) is 21.9 Å². The minimum Gasteiger partial charge on any atom is -0.456 e. The van der Waals surface area contributed by atoms with Gasteiger partial charge in [-0.2, -0.15) is 0 Å². The molecule has 2 heterocycles. The van der Waals surface area contributed by atoms with Crippen LogP contribution in [0.3, 0.4) is 0 Å². The number of nitrogens with one attached hydrogen (secondary N) is 1. The number of H-pyrrole nitrogens is 1. The fourth-order valence-electron chi connectivity index (χ4n) is 3.42. The molecule has 2 aromatic heterocycles. The largest absolute Gasteiger partial charge is 0.456 e. The quantitative estimate of drug-likeness (QED) is 0.469. The molecule has 0 fully saturated rings. The highest BCUT2D eigenvalue weighted by Gasteiger charge is 2.22. The number of benzene rings is 3. The molecule has 0 bridgehead atoms. The summed E-state index contributed by atoms with van der Waals surface area (Å²) in [6.45, 7) is 0.783. The van der Waals surface area contributed by atoms with Crippen molar-refractivity contribution in [1.29, 1.82) is 0 Å². The molecule has 0 radical (unpaired) electrons. The van der Waals surface area contributed by atoms with Crippen LogP contribution < -0.4 is 4.57 Å². The van der Waals surface area contributed by atoms with E-state index >= 15 is 0 Å². The van der Waals surface area contributed by atoms with Crippen molar-refractivity contribution in [2.45, 2.75) is 6.54 Å². The zero-order valence-electron chi connectivity index (χ0n) is 13.6. The molecule has 3 heteroatoms. The predicted octanol–water partition coefficient (Wildman–Crippen LogP) is 4.92. The molecule has 5 rings (SSSR count). The van der Waals surface area contributed by atoms with Gasteiger partial charge in [-0.25, -0.2) is 9.55 Å². The third-order valence-electron chi connectivity index (χ3n) is 4.63. The van der Waals surface area contributed by atoms with Gasteiger partial charge < -0.3 is 4.42 Å². The average Bonchev–Trinajstić information content (AvgIpc) is 3.30.